The topological polar surface area (TPSA) is 73.2 Å². The average Bonchev–Trinajstić information content (AvgIpc) is 3.24. The third-order valence-electron chi connectivity index (χ3n) is 4.63. The van der Waals surface area contributed by atoms with Crippen LogP contribution in [0.25, 0.3) is 16.9 Å². The van der Waals surface area contributed by atoms with Crippen molar-refractivity contribution in [2.75, 3.05) is 11.9 Å². The number of benzene rings is 3. The van der Waals surface area contributed by atoms with Gasteiger partial charge in [0.05, 0.1) is 11.4 Å². The Kier molecular flexibility index (Phi) is 5.89. The van der Waals surface area contributed by atoms with Gasteiger partial charge in [-0.25, -0.2) is 9.48 Å². The fraction of sp³-hybridized carbons (Fsp3) is 0.0800. The van der Waals surface area contributed by atoms with Gasteiger partial charge in [-0.3, -0.25) is 4.79 Å². The first-order valence-corrected chi connectivity index (χ1v) is 9.85. The minimum Gasteiger partial charge on any atom is -0.451 e. The summed E-state index contributed by atoms with van der Waals surface area (Å²) in [7, 11) is 0. The Hall–Kier alpha value is -4.19. The highest BCUT2D eigenvalue weighted by Gasteiger charge is 2.20. The Morgan fingerprint density at radius 2 is 1.61 bits per heavy atom. The molecule has 4 aromatic rings. The Labute approximate surface area is 180 Å². The van der Waals surface area contributed by atoms with Crippen LogP contribution in [0, 0.1) is 6.92 Å². The van der Waals surface area contributed by atoms with Crippen molar-refractivity contribution in [1.82, 2.24) is 9.78 Å². The van der Waals surface area contributed by atoms with Gasteiger partial charge < -0.3 is 10.1 Å². The van der Waals surface area contributed by atoms with E-state index in [0.29, 0.717) is 11.4 Å². The summed E-state index contributed by atoms with van der Waals surface area (Å²) in [6.07, 6.45) is 0. The second-order valence-electron chi connectivity index (χ2n) is 7.02. The molecule has 0 saturated heterocycles. The monoisotopic (exact) mass is 411 g/mol. The molecule has 0 fully saturated rings. The van der Waals surface area contributed by atoms with Crippen molar-refractivity contribution in [3.05, 3.63) is 102 Å². The number of carbonyl (C=O) groups is 2. The van der Waals surface area contributed by atoms with Crippen LogP contribution in [-0.4, -0.2) is 28.3 Å². The lowest BCUT2D eigenvalue weighted by Crippen LogP contribution is -2.22. The third-order valence-corrected chi connectivity index (χ3v) is 4.63. The maximum Gasteiger partial charge on any atom is 0.357 e. The van der Waals surface area contributed by atoms with E-state index in [2.05, 4.69) is 10.4 Å². The Bertz CT molecular complexity index is 1200. The molecule has 0 saturated carbocycles. The number of aryl methyl sites for hydroxylation is 1. The van der Waals surface area contributed by atoms with Crippen molar-refractivity contribution >= 4 is 17.6 Å². The van der Waals surface area contributed by atoms with Crippen LogP contribution in [0.1, 0.15) is 16.1 Å². The quantitative estimate of drug-likeness (QED) is 0.469. The number of hydrogen-bond acceptors (Lipinski definition) is 4. The van der Waals surface area contributed by atoms with Gasteiger partial charge in [0.1, 0.15) is 0 Å². The highest BCUT2D eigenvalue weighted by atomic mass is 16.5. The van der Waals surface area contributed by atoms with Gasteiger partial charge in [-0.15, -0.1) is 0 Å². The molecule has 0 radical (unpaired) electrons. The lowest BCUT2D eigenvalue weighted by atomic mass is 10.1. The van der Waals surface area contributed by atoms with E-state index >= 15 is 0 Å². The standard InChI is InChI=1S/C25H21N3O3/c1-18-9-8-12-20(15-18)26-24(29)17-31-25(30)23-16-22(19-10-4-2-5-11-19)27-28(23)21-13-6-3-7-14-21/h2-16H,17H2,1H3,(H,26,29). The Balaban J connectivity index is 1.54. The van der Waals surface area contributed by atoms with Crippen LogP contribution in [0.2, 0.25) is 0 Å². The normalized spacial score (nSPS) is 10.5. The van der Waals surface area contributed by atoms with E-state index in [0.717, 1.165) is 16.8 Å². The van der Waals surface area contributed by atoms with E-state index < -0.39 is 18.5 Å². The predicted molar refractivity (Wildman–Crippen MR) is 119 cm³/mol. The fourth-order valence-corrected chi connectivity index (χ4v) is 3.17. The molecule has 3 aromatic carbocycles. The number of aromatic nitrogens is 2. The number of nitrogens with one attached hydrogen (secondary N) is 1. The van der Waals surface area contributed by atoms with Gasteiger partial charge >= 0.3 is 5.97 Å². The average molecular weight is 411 g/mol. The predicted octanol–water partition coefficient (Wildman–Crippen LogP) is 4.64. The highest BCUT2D eigenvalue weighted by Crippen LogP contribution is 2.22. The van der Waals surface area contributed by atoms with Crippen LogP contribution in [0.3, 0.4) is 0 Å². The molecule has 154 valence electrons. The van der Waals surface area contributed by atoms with Crippen molar-refractivity contribution in [3.8, 4) is 16.9 Å². The summed E-state index contributed by atoms with van der Waals surface area (Å²) >= 11 is 0. The van der Waals surface area contributed by atoms with Crippen molar-refractivity contribution in [2.24, 2.45) is 0 Å². The molecule has 0 aliphatic rings. The summed E-state index contributed by atoms with van der Waals surface area (Å²) in [5.41, 5.74) is 4.16. The Morgan fingerprint density at radius 3 is 2.32 bits per heavy atom. The summed E-state index contributed by atoms with van der Waals surface area (Å²) in [6, 6.07) is 28.0. The number of esters is 1. The molecule has 0 aliphatic heterocycles. The zero-order chi connectivity index (χ0) is 21.6. The molecule has 6 heteroatoms. The van der Waals surface area contributed by atoms with E-state index in [4.69, 9.17) is 4.74 Å². The lowest BCUT2D eigenvalue weighted by Gasteiger charge is -2.09. The number of nitrogens with zero attached hydrogens (tertiary/aromatic N) is 2. The summed E-state index contributed by atoms with van der Waals surface area (Å²) in [4.78, 5) is 25.1. The maximum absolute atomic E-state index is 12.8. The van der Waals surface area contributed by atoms with Crippen molar-refractivity contribution in [2.45, 2.75) is 6.92 Å². The van der Waals surface area contributed by atoms with Gasteiger partial charge in [-0.05, 0) is 42.8 Å². The number of rotatable bonds is 6. The molecule has 6 nitrogen and oxygen atoms in total. The summed E-state index contributed by atoms with van der Waals surface area (Å²) in [5, 5.41) is 7.32. The summed E-state index contributed by atoms with van der Waals surface area (Å²) in [6.45, 7) is 1.54. The zero-order valence-corrected chi connectivity index (χ0v) is 17.0. The number of carbonyl (C=O) groups excluding carboxylic acids is 2. The number of ether oxygens (including phenoxy) is 1. The first-order valence-electron chi connectivity index (χ1n) is 9.85. The molecule has 1 N–H and O–H groups in total. The van der Waals surface area contributed by atoms with E-state index in [1.54, 1.807) is 12.1 Å². The SMILES string of the molecule is Cc1cccc(NC(=O)COC(=O)c2cc(-c3ccccc3)nn2-c2ccccc2)c1. The van der Waals surface area contributed by atoms with E-state index in [-0.39, 0.29) is 5.69 Å². The molecule has 0 aliphatic carbocycles. The molecule has 0 unspecified atom stereocenters. The molecule has 4 rings (SSSR count). The van der Waals surface area contributed by atoms with Crippen molar-refractivity contribution in [3.63, 3.8) is 0 Å². The number of amides is 1. The first-order chi connectivity index (χ1) is 15.1. The largest absolute Gasteiger partial charge is 0.451 e. The first kappa shape index (κ1) is 20.1. The molecule has 1 heterocycles. The summed E-state index contributed by atoms with van der Waals surface area (Å²) in [5.74, 6) is -1.04. The number of anilines is 1. The second-order valence-corrected chi connectivity index (χ2v) is 7.02. The molecule has 0 bridgehead atoms. The summed E-state index contributed by atoms with van der Waals surface area (Å²) < 4.78 is 6.82. The highest BCUT2D eigenvalue weighted by molar-refractivity contribution is 5.95. The molecular formula is C25H21N3O3. The number of hydrogen-bond donors (Lipinski definition) is 1. The van der Waals surface area contributed by atoms with Crippen LogP contribution in [0.4, 0.5) is 5.69 Å². The van der Waals surface area contributed by atoms with Crippen LogP contribution >= 0.6 is 0 Å². The van der Waals surface area contributed by atoms with E-state index in [1.807, 2.05) is 85.8 Å². The van der Waals surface area contributed by atoms with Gasteiger partial charge in [0, 0.05) is 11.3 Å². The van der Waals surface area contributed by atoms with Crippen molar-refractivity contribution in [1.29, 1.82) is 0 Å². The second kappa shape index (κ2) is 9.09. The van der Waals surface area contributed by atoms with Crippen LogP contribution in [-0.2, 0) is 9.53 Å². The maximum atomic E-state index is 12.8. The van der Waals surface area contributed by atoms with E-state index in [1.165, 1.54) is 4.68 Å². The molecule has 1 amide bonds. The van der Waals surface area contributed by atoms with Gasteiger partial charge in [0.15, 0.2) is 12.3 Å². The third kappa shape index (κ3) is 4.87. The zero-order valence-electron chi connectivity index (χ0n) is 17.0. The van der Waals surface area contributed by atoms with Gasteiger partial charge in [0.25, 0.3) is 5.91 Å². The fourth-order valence-electron chi connectivity index (χ4n) is 3.17. The number of para-hydroxylation sites is 1. The van der Waals surface area contributed by atoms with Gasteiger partial charge in [0.2, 0.25) is 0 Å². The smallest absolute Gasteiger partial charge is 0.357 e. The molecule has 0 atom stereocenters. The van der Waals surface area contributed by atoms with Crippen LogP contribution < -0.4 is 5.32 Å². The minimum atomic E-state index is -0.627. The minimum absolute atomic E-state index is 0.244. The van der Waals surface area contributed by atoms with Crippen LogP contribution in [0.5, 0.6) is 0 Å². The van der Waals surface area contributed by atoms with E-state index in [9.17, 15) is 9.59 Å². The lowest BCUT2D eigenvalue weighted by molar-refractivity contribution is -0.119. The van der Waals surface area contributed by atoms with Crippen LogP contribution in [0.15, 0.2) is 91.0 Å². The molecule has 1 aromatic heterocycles. The molecular weight excluding hydrogens is 390 g/mol. The Morgan fingerprint density at radius 1 is 0.903 bits per heavy atom. The molecule has 0 spiro atoms. The van der Waals surface area contributed by atoms with Gasteiger partial charge in [-0.2, -0.15) is 5.10 Å². The van der Waals surface area contributed by atoms with Gasteiger partial charge in [-0.1, -0.05) is 60.7 Å². The van der Waals surface area contributed by atoms with Crippen molar-refractivity contribution < 1.29 is 14.3 Å². The molecule has 31 heavy (non-hydrogen) atoms.